The highest BCUT2D eigenvalue weighted by atomic mass is 32.1. The van der Waals surface area contributed by atoms with Gasteiger partial charge in [0, 0.05) is 19.5 Å². The molecule has 0 spiro atoms. The van der Waals surface area contributed by atoms with Crippen molar-refractivity contribution in [2.24, 2.45) is 0 Å². The highest BCUT2D eigenvalue weighted by Gasteiger charge is 2.22. The van der Waals surface area contributed by atoms with Crippen LogP contribution in [0.1, 0.15) is 10.7 Å². The first-order valence-electron chi connectivity index (χ1n) is 8.26. The number of likely N-dealkylation sites (N-methyl/N-ethyl adjacent to an activating group) is 1. The molecular weight excluding hydrogens is 427 g/mol. The van der Waals surface area contributed by atoms with Gasteiger partial charge in [-0.05, 0) is 13.0 Å². The number of hydrogen-bond donors (Lipinski definition) is 1. The second kappa shape index (κ2) is 8.47. The van der Waals surface area contributed by atoms with Gasteiger partial charge in [-0.25, -0.2) is 18.7 Å². The monoisotopic (exact) mass is 443 g/mol. The predicted molar refractivity (Wildman–Crippen MR) is 103 cm³/mol. The van der Waals surface area contributed by atoms with Crippen molar-refractivity contribution >= 4 is 28.6 Å². The number of nitrogens with zero attached hydrogens (tertiary/aromatic N) is 3. The first kappa shape index (κ1) is 21.2. The molecule has 0 aliphatic heterocycles. The van der Waals surface area contributed by atoms with Crippen molar-refractivity contribution in [2.75, 3.05) is 20.7 Å². The average molecular weight is 443 g/mol. The van der Waals surface area contributed by atoms with Gasteiger partial charge < -0.3 is 14.7 Å². The summed E-state index contributed by atoms with van der Waals surface area (Å²) < 4.78 is 46.7. The molecule has 0 bridgehead atoms. The van der Waals surface area contributed by atoms with Crippen molar-refractivity contribution in [3.05, 3.63) is 39.6 Å². The maximum atomic E-state index is 14.1. The molecule has 6 nitrogen and oxygen atoms in total. The molecule has 0 atom stereocenters. The zero-order valence-corrected chi connectivity index (χ0v) is 17.3. The zero-order chi connectivity index (χ0) is 21.3. The number of aryl methyl sites for hydroxylation is 1. The van der Waals surface area contributed by atoms with Crippen LogP contribution in [0.25, 0.3) is 21.1 Å². The lowest BCUT2D eigenvalue weighted by atomic mass is 10.2. The summed E-state index contributed by atoms with van der Waals surface area (Å²) in [7, 11) is 3.26. The molecule has 0 aliphatic carbocycles. The molecule has 3 rings (SSSR count). The summed E-state index contributed by atoms with van der Waals surface area (Å²) in [6, 6.07) is 0.705. The van der Waals surface area contributed by atoms with E-state index in [1.807, 2.05) is 0 Å². The molecule has 29 heavy (non-hydrogen) atoms. The zero-order valence-electron chi connectivity index (χ0n) is 15.6. The first-order valence-corrected chi connectivity index (χ1v) is 9.95. The van der Waals surface area contributed by atoms with Crippen LogP contribution in [0.15, 0.2) is 11.4 Å². The van der Waals surface area contributed by atoms with Crippen LogP contribution in [-0.4, -0.2) is 46.6 Å². The Labute approximate surface area is 172 Å². The van der Waals surface area contributed by atoms with E-state index in [-0.39, 0.29) is 29.7 Å². The quantitative estimate of drug-likeness (QED) is 0.584. The van der Waals surface area contributed by atoms with E-state index < -0.39 is 23.2 Å². The highest BCUT2D eigenvalue weighted by molar-refractivity contribution is 7.16. The lowest BCUT2D eigenvalue weighted by Gasteiger charge is -2.09. The molecule has 2 aromatic heterocycles. The van der Waals surface area contributed by atoms with Gasteiger partial charge >= 0.3 is 0 Å². The number of halogens is 3. The summed E-state index contributed by atoms with van der Waals surface area (Å²) >= 11 is 2.30. The molecule has 1 aromatic carbocycles. The first-order chi connectivity index (χ1) is 13.7. The number of phenols is 1. The van der Waals surface area contributed by atoms with E-state index in [1.54, 1.807) is 26.4 Å². The molecule has 0 unspecified atom stereocenters. The van der Waals surface area contributed by atoms with Crippen LogP contribution >= 0.6 is 22.7 Å². The summed E-state index contributed by atoms with van der Waals surface area (Å²) in [5.74, 6) is -5.82. The van der Waals surface area contributed by atoms with Gasteiger partial charge in [-0.1, -0.05) is 0 Å². The fraction of sp³-hybridized carbons (Fsp3) is 0.278. The maximum Gasteiger partial charge on any atom is 0.248 e. The minimum atomic E-state index is -1.66. The van der Waals surface area contributed by atoms with Crippen LogP contribution in [-0.2, 0) is 16.1 Å². The number of rotatable bonds is 6. The van der Waals surface area contributed by atoms with Crippen molar-refractivity contribution in [3.63, 3.8) is 0 Å². The smallest absolute Gasteiger partial charge is 0.248 e. The fourth-order valence-corrected chi connectivity index (χ4v) is 4.21. The second-order valence-electron chi connectivity index (χ2n) is 6.22. The predicted octanol–water partition coefficient (Wildman–Crippen LogP) is 3.97. The number of aromatic nitrogens is 2. The number of carbonyl (C=O) groups is 1. The number of carbonyl (C=O) groups excluding carboxylic acids is 1. The number of benzene rings is 1. The maximum absolute atomic E-state index is 14.1. The van der Waals surface area contributed by atoms with Crippen LogP contribution in [0, 0.1) is 24.4 Å². The van der Waals surface area contributed by atoms with Crippen molar-refractivity contribution in [3.8, 4) is 26.9 Å². The standard InChI is InChI=1S/C18H16F3N3O3S2/c1-8-17(29-12(22-8)5-27-6-13(25)24(2)3)11-7-28-18(23-11)9-4-10(19)16(26)15(21)14(9)20/h4,7,26H,5-6H2,1-3H3. The van der Waals surface area contributed by atoms with Gasteiger partial charge in [0.05, 0.1) is 28.4 Å². The van der Waals surface area contributed by atoms with Gasteiger partial charge in [-0.2, -0.15) is 4.39 Å². The second-order valence-corrected chi connectivity index (χ2v) is 8.17. The van der Waals surface area contributed by atoms with Gasteiger partial charge in [0.2, 0.25) is 11.7 Å². The van der Waals surface area contributed by atoms with Gasteiger partial charge in [-0.3, -0.25) is 4.79 Å². The minimum Gasteiger partial charge on any atom is -0.503 e. The topological polar surface area (TPSA) is 75.5 Å². The van der Waals surface area contributed by atoms with Crippen LogP contribution in [0.5, 0.6) is 5.75 Å². The van der Waals surface area contributed by atoms with Crippen LogP contribution in [0.3, 0.4) is 0 Å². The summed E-state index contributed by atoms with van der Waals surface area (Å²) in [5.41, 5.74) is 0.763. The molecule has 1 amide bonds. The Hall–Kier alpha value is -2.50. The van der Waals surface area contributed by atoms with Crippen LogP contribution < -0.4 is 0 Å². The molecule has 0 aliphatic rings. The summed E-state index contributed by atoms with van der Waals surface area (Å²) in [6.45, 7) is 1.84. The molecule has 154 valence electrons. The van der Waals surface area contributed by atoms with Gasteiger partial charge in [0.15, 0.2) is 17.4 Å². The lowest BCUT2D eigenvalue weighted by Crippen LogP contribution is -2.26. The molecule has 1 N–H and O–H groups in total. The van der Waals surface area contributed by atoms with E-state index in [1.165, 1.54) is 16.2 Å². The third kappa shape index (κ3) is 4.41. The normalized spacial score (nSPS) is 11.1. The Morgan fingerprint density at radius 1 is 1.24 bits per heavy atom. The molecule has 0 saturated heterocycles. The van der Waals surface area contributed by atoms with E-state index in [0.717, 1.165) is 11.3 Å². The molecule has 3 aromatic rings. The Morgan fingerprint density at radius 2 is 1.97 bits per heavy atom. The van der Waals surface area contributed by atoms with E-state index in [4.69, 9.17) is 9.84 Å². The Kier molecular flexibility index (Phi) is 6.20. The van der Waals surface area contributed by atoms with E-state index in [9.17, 15) is 18.0 Å². The molecule has 11 heteroatoms. The van der Waals surface area contributed by atoms with E-state index in [2.05, 4.69) is 9.97 Å². The third-order valence-electron chi connectivity index (χ3n) is 3.89. The van der Waals surface area contributed by atoms with Crippen molar-refractivity contribution in [1.82, 2.24) is 14.9 Å². The van der Waals surface area contributed by atoms with E-state index >= 15 is 0 Å². The SMILES string of the molecule is Cc1nc(COCC(=O)N(C)C)sc1-c1csc(-c2cc(F)c(O)c(F)c2F)n1. The Morgan fingerprint density at radius 3 is 2.66 bits per heavy atom. The van der Waals surface area contributed by atoms with Crippen LogP contribution in [0.4, 0.5) is 13.2 Å². The number of phenolic OH excluding ortho intramolecular Hbond substituents is 1. The molecule has 2 heterocycles. The number of thiazole rings is 2. The molecule has 0 radical (unpaired) electrons. The fourth-order valence-electron chi connectivity index (χ4n) is 2.35. The third-order valence-corrected chi connectivity index (χ3v) is 5.92. The number of ether oxygens (including phenoxy) is 1. The molecule has 0 fully saturated rings. The van der Waals surface area contributed by atoms with Gasteiger partial charge in [-0.15, -0.1) is 22.7 Å². The van der Waals surface area contributed by atoms with Crippen molar-refractivity contribution in [1.29, 1.82) is 0 Å². The summed E-state index contributed by atoms with van der Waals surface area (Å²) in [6.07, 6.45) is 0. The molecular formula is C18H16F3N3O3S2. The largest absolute Gasteiger partial charge is 0.503 e. The van der Waals surface area contributed by atoms with E-state index in [0.29, 0.717) is 27.3 Å². The van der Waals surface area contributed by atoms with Gasteiger partial charge in [0.25, 0.3) is 0 Å². The van der Waals surface area contributed by atoms with Crippen LogP contribution in [0.2, 0.25) is 0 Å². The Bertz CT molecular complexity index is 1070. The van der Waals surface area contributed by atoms with Crippen molar-refractivity contribution in [2.45, 2.75) is 13.5 Å². The number of hydrogen-bond acceptors (Lipinski definition) is 7. The summed E-state index contributed by atoms with van der Waals surface area (Å²) in [4.78, 5) is 22.3. The number of aromatic hydroxyl groups is 1. The minimum absolute atomic E-state index is 0.0671. The molecule has 0 saturated carbocycles. The van der Waals surface area contributed by atoms with Gasteiger partial charge in [0.1, 0.15) is 16.6 Å². The lowest BCUT2D eigenvalue weighted by molar-refractivity contribution is -0.133. The summed E-state index contributed by atoms with van der Waals surface area (Å²) in [5, 5.41) is 11.5. The highest BCUT2D eigenvalue weighted by Crippen LogP contribution is 2.37. The van der Waals surface area contributed by atoms with Crippen molar-refractivity contribution < 1.29 is 27.8 Å². The Balaban J connectivity index is 1.81. The average Bonchev–Trinajstić information content (AvgIpc) is 3.29. The number of amides is 1.